The fourth-order valence-corrected chi connectivity index (χ4v) is 3.14. The number of halogens is 3. The quantitative estimate of drug-likeness (QED) is 0.555. The number of carbonyl (C=O) groups is 1. The van der Waals surface area contributed by atoms with Crippen LogP contribution in [0.15, 0.2) is 30.3 Å². The predicted molar refractivity (Wildman–Crippen MR) is 81.8 cm³/mol. The van der Waals surface area contributed by atoms with E-state index in [1.54, 1.807) is 12.1 Å². The van der Waals surface area contributed by atoms with Crippen LogP contribution >= 0.6 is 34.5 Å². The van der Waals surface area contributed by atoms with E-state index < -0.39 is 0 Å². The molecule has 0 aliphatic heterocycles. The summed E-state index contributed by atoms with van der Waals surface area (Å²) in [6.07, 6.45) is 0. The molecule has 3 rings (SSSR count). The van der Waals surface area contributed by atoms with Gasteiger partial charge in [-0.3, -0.25) is 4.79 Å². The molecule has 0 aliphatic rings. The van der Waals surface area contributed by atoms with Gasteiger partial charge < -0.3 is 5.32 Å². The van der Waals surface area contributed by atoms with Crippen LogP contribution in [0.2, 0.25) is 10.4 Å². The van der Waals surface area contributed by atoms with Crippen molar-refractivity contribution in [2.75, 3.05) is 5.32 Å². The van der Waals surface area contributed by atoms with Crippen molar-refractivity contribution in [2.45, 2.75) is 0 Å². The molecular formula is C13H6Cl2FN3OS. The van der Waals surface area contributed by atoms with Gasteiger partial charge in [0.05, 0.1) is 4.88 Å². The third kappa shape index (κ3) is 3.12. The first-order chi connectivity index (χ1) is 10.0. The van der Waals surface area contributed by atoms with Crippen molar-refractivity contribution >= 4 is 56.3 Å². The van der Waals surface area contributed by atoms with Gasteiger partial charge in [-0.05, 0) is 35.2 Å². The molecule has 0 saturated heterocycles. The topological polar surface area (TPSA) is 54.9 Å². The number of aromatic nitrogens is 2. The predicted octanol–water partition coefficient (Wildman–Crippen LogP) is 4.39. The Morgan fingerprint density at radius 3 is 2.76 bits per heavy atom. The summed E-state index contributed by atoms with van der Waals surface area (Å²) in [7, 11) is 0. The molecule has 2 heterocycles. The smallest absolute Gasteiger partial charge is 0.266 e. The number of fused-ring (bicyclic) bond motifs is 1. The molecule has 3 aromatic rings. The highest BCUT2D eigenvalue weighted by Gasteiger charge is 2.12. The maximum Gasteiger partial charge on any atom is 0.266 e. The van der Waals surface area contributed by atoms with Crippen molar-refractivity contribution in [3.8, 4) is 0 Å². The highest BCUT2D eigenvalue weighted by atomic mass is 35.5. The van der Waals surface area contributed by atoms with Gasteiger partial charge in [0, 0.05) is 10.8 Å². The van der Waals surface area contributed by atoms with Crippen LogP contribution in [0.4, 0.5) is 10.2 Å². The molecule has 0 radical (unpaired) electrons. The molecule has 0 unspecified atom stereocenters. The van der Waals surface area contributed by atoms with Gasteiger partial charge in [-0.1, -0.05) is 17.7 Å². The van der Waals surface area contributed by atoms with E-state index in [0.717, 1.165) is 5.39 Å². The Labute approximate surface area is 132 Å². The number of amides is 1. The number of nitrogens with one attached hydrogen (secondary N) is 1. The molecule has 4 nitrogen and oxygen atoms in total. The number of anilines is 1. The van der Waals surface area contributed by atoms with Crippen LogP contribution < -0.4 is 5.32 Å². The van der Waals surface area contributed by atoms with E-state index in [4.69, 9.17) is 23.2 Å². The molecule has 0 bridgehead atoms. The molecule has 0 aliphatic carbocycles. The lowest BCUT2D eigenvalue weighted by Crippen LogP contribution is -2.11. The Morgan fingerprint density at radius 1 is 1.19 bits per heavy atom. The third-order valence-corrected chi connectivity index (χ3v) is 4.07. The van der Waals surface area contributed by atoms with Gasteiger partial charge in [0.25, 0.3) is 5.91 Å². The molecular weight excluding hydrogens is 336 g/mol. The van der Waals surface area contributed by atoms with Crippen molar-refractivity contribution in [1.82, 2.24) is 9.97 Å². The van der Waals surface area contributed by atoms with E-state index in [-0.39, 0.29) is 28.0 Å². The minimum Gasteiger partial charge on any atom is -0.306 e. The summed E-state index contributed by atoms with van der Waals surface area (Å²) >= 11 is 12.6. The molecule has 0 spiro atoms. The Balaban J connectivity index is 1.89. The summed E-state index contributed by atoms with van der Waals surface area (Å²) < 4.78 is 13.8. The molecule has 1 amide bonds. The Bertz CT molecular complexity index is 832. The van der Waals surface area contributed by atoms with E-state index in [2.05, 4.69) is 15.3 Å². The Kier molecular flexibility index (Phi) is 3.75. The average Bonchev–Trinajstić information content (AvgIpc) is 2.80. The number of carbonyl (C=O) groups excluding carboxylic acids is 1. The second kappa shape index (κ2) is 5.55. The molecule has 1 N–H and O–H groups in total. The normalized spacial score (nSPS) is 10.8. The first-order valence-corrected chi connectivity index (χ1v) is 7.29. The molecule has 1 aromatic carbocycles. The summed E-state index contributed by atoms with van der Waals surface area (Å²) in [6.45, 7) is 0. The molecule has 106 valence electrons. The van der Waals surface area contributed by atoms with Crippen LogP contribution in [0, 0.1) is 5.82 Å². The van der Waals surface area contributed by atoms with Crippen molar-refractivity contribution in [2.24, 2.45) is 0 Å². The van der Waals surface area contributed by atoms with Crippen molar-refractivity contribution in [3.05, 3.63) is 51.5 Å². The first kappa shape index (κ1) is 14.2. The van der Waals surface area contributed by atoms with Crippen LogP contribution in [0.5, 0.6) is 0 Å². The van der Waals surface area contributed by atoms with Gasteiger partial charge in [-0.15, -0.1) is 11.3 Å². The standard InChI is InChI=1S/C13H6Cl2FN3OS/c14-10-5-11(19-13(15)17-10)18-12(20)9-3-6-1-2-7(16)4-8(6)21-9/h1-5H,(H,17,18,19,20). The summed E-state index contributed by atoms with van der Waals surface area (Å²) in [5.74, 6) is -0.512. The second-order valence-electron chi connectivity index (χ2n) is 4.09. The van der Waals surface area contributed by atoms with E-state index in [9.17, 15) is 9.18 Å². The Morgan fingerprint density at radius 2 is 2.00 bits per heavy atom. The lowest BCUT2D eigenvalue weighted by atomic mass is 10.2. The lowest BCUT2D eigenvalue weighted by molar-refractivity contribution is 0.103. The summed E-state index contributed by atoms with van der Waals surface area (Å²) in [4.78, 5) is 20.1. The molecule has 2 aromatic heterocycles. The van der Waals surface area contributed by atoms with E-state index in [0.29, 0.717) is 9.58 Å². The number of benzene rings is 1. The van der Waals surface area contributed by atoms with Crippen molar-refractivity contribution in [1.29, 1.82) is 0 Å². The van der Waals surface area contributed by atoms with Crippen molar-refractivity contribution < 1.29 is 9.18 Å². The molecule has 0 fully saturated rings. The van der Waals surface area contributed by atoms with Crippen LogP contribution in [0.1, 0.15) is 9.67 Å². The van der Waals surface area contributed by atoms with Crippen LogP contribution in [-0.2, 0) is 0 Å². The molecule has 8 heteroatoms. The first-order valence-electron chi connectivity index (χ1n) is 5.72. The zero-order valence-corrected chi connectivity index (χ0v) is 12.6. The number of rotatable bonds is 2. The van der Waals surface area contributed by atoms with Gasteiger partial charge in [0.2, 0.25) is 5.28 Å². The van der Waals surface area contributed by atoms with Gasteiger partial charge in [0.1, 0.15) is 16.8 Å². The second-order valence-corrected chi connectivity index (χ2v) is 5.90. The number of hydrogen-bond acceptors (Lipinski definition) is 4. The third-order valence-electron chi connectivity index (χ3n) is 2.62. The van der Waals surface area contributed by atoms with Crippen LogP contribution in [0.3, 0.4) is 0 Å². The summed E-state index contributed by atoms with van der Waals surface area (Å²) in [5.41, 5.74) is 0. The fourth-order valence-electron chi connectivity index (χ4n) is 1.75. The van der Waals surface area contributed by atoms with Crippen LogP contribution in [0.25, 0.3) is 10.1 Å². The number of nitrogens with zero attached hydrogens (tertiary/aromatic N) is 2. The molecule has 21 heavy (non-hydrogen) atoms. The lowest BCUT2D eigenvalue weighted by Gasteiger charge is -2.02. The zero-order valence-electron chi connectivity index (χ0n) is 10.2. The summed E-state index contributed by atoms with van der Waals surface area (Å²) in [6, 6.07) is 7.42. The van der Waals surface area contributed by atoms with Gasteiger partial charge >= 0.3 is 0 Å². The number of hydrogen-bond donors (Lipinski definition) is 1. The number of thiophene rings is 1. The highest BCUT2D eigenvalue weighted by Crippen LogP contribution is 2.27. The average molecular weight is 342 g/mol. The SMILES string of the molecule is O=C(Nc1cc(Cl)nc(Cl)n1)c1cc2ccc(F)cc2s1. The fraction of sp³-hybridized carbons (Fsp3) is 0. The zero-order chi connectivity index (χ0) is 15.0. The molecule has 0 atom stereocenters. The van der Waals surface area contributed by atoms with Crippen LogP contribution in [-0.4, -0.2) is 15.9 Å². The van der Waals surface area contributed by atoms with E-state index in [1.165, 1.54) is 29.5 Å². The minimum atomic E-state index is -0.373. The minimum absolute atomic E-state index is 0.0591. The van der Waals surface area contributed by atoms with E-state index >= 15 is 0 Å². The van der Waals surface area contributed by atoms with Gasteiger partial charge in [-0.2, -0.15) is 0 Å². The van der Waals surface area contributed by atoms with Gasteiger partial charge in [0.15, 0.2) is 0 Å². The maximum absolute atomic E-state index is 13.1. The maximum atomic E-state index is 13.1. The monoisotopic (exact) mass is 341 g/mol. The summed E-state index contributed by atoms with van der Waals surface area (Å²) in [5, 5.41) is 3.44. The largest absolute Gasteiger partial charge is 0.306 e. The molecule has 0 saturated carbocycles. The van der Waals surface area contributed by atoms with Crippen molar-refractivity contribution in [3.63, 3.8) is 0 Å². The van der Waals surface area contributed by atoms with Gasteiger partial charge in [-0.25, -0.2) is 14.4 Å². The van der Waals surface area contributed by atoms with E-state index in [1.807, 2.05) is 0 Å². The Hall–Kier alpha value is -1.76. The highest BCUT2D eigenvalue weighted by molar-refractivity contribution is 7.20.